The molecule has 3 rings (SSSR count). The number of carbonyl (C=O) groups is 2. The van der Waals surface area contributed by atoms with E-state index >= 15 is 0 Å². The summed E-state index contributed by atoms with van der Waals surface area (Å²) >= 11 is 6.17. The lowest BCUT2D eigenvalue weighted by atomic mass is 9.85. The highest BCUT2D eigenvalue weighted by molar-refractivity contribution is 6.31. The fourth-order valence-corrected chi connectivity index (χ4v) is 4.01. The number of benzene rings is 1. The van der Waals surface area contributed by atoms with Gasteiger partial charge in [0.05, 0.1) is 5.92 Å². The minimum absolute atomic E-state index is 0.00258. The molecule has 0 aromatic heterocycles. The van der Waals surface area contributed by atoms with E-state index in [4.69, 9.17) is 11.6 Å². The standard InChI is InChI=1S/C19H25ClN2O2/c1-12-6-3-4-8-16(12)21-19(24)14-10-18(23)22(11-14)17-9-5-7-15(20)13(17)2/h5,7,9,12,14,16H,3-4,6,8,10-11H2,1-2H3,(H,21,24)/t12-,14-,16-/m1/s1. The van der Waals surface area contributed by atoms with E-state index in [0.29, 0.717) is 17.5 Å². The van der Waals surface area contributed by atoms with Gasteiger partial charge < -0.3 is 10.2 Å². The van der Waals surface area contributed by atoms with Crippen molar-refractivity contribution in [2.45, 2.75) is 52.0 Å². The highest BCUT2D eigenvalue weighted by Crippen LogP contribution is 2.32. The molecule has 0 radical (unpaired) electrons. The molecule has 4 nitrogen and oxygen atoms in total. The first-order valence-electron chi connectivity index (χ1n) is 8.83. The molecule has 1 aromatic carbocycles. The molecule has 24 heavy (non-hydrogen) atoms. The SMILES string of the molecule is Cc1c(Cl)cccc1N1C[C@H](C(=O)N[C@@H]2CCCC[C@H]2C)CC1=O. The van der Waals surface area contributed by atoms with Gasteiger partial charge in [0.1, 0.15) is 0 Å². The van der Waals surface area contributed by atoms with Gasteiger partial charge in [-0.05, 0) is 43.4 Å². The fourth-order valence-electron chi connectivity index (χ4n) is 3.84. The van der Waals surface area contributed by atoms with Gasteiger partial charge >= 0.3 is 0 Å². The number of hydrogen-bond acceptors (Lipinski definition) is 2. The van der Waals surface area contributed by atoms with E-state index in [2.05, 4.69) is 12.2 Å². The second kappa shape index (κ2) is 7.14. The average molecular weight is 349 g/mol. The Morgan fingerprint density at radius 2 is 2.04 bits per heavy atom. The van der Waals surface area contributed by atoms with E-state index in [1.807, 2.05) is 25.1 Å². The first kappa shape index (κ1) is 17.3. The summed E-state index contributed by atoms with van der Waals surface area (Å²) in [5, 5.41) is 3.83. The number of hydrogen-bond donors (Lipinski definition) is 1. The number of nitrogens with zero attached hydrogens (tertiary/aromatic N) is 1. The van der Waals surface area contributed by atoms with Gasteiger partial charge in [-0.3, -0.25) is 9.59 Å². The van der Waals surface area contributed by atoms with Crippen molar-refractivity contribution in [2.24, 2.45) is 11.8 Å². The summed E-state index contributed by atoms with van der Waals surface area (Å²) < 4.78 is 0. The first-order valence-corrected chi connectivity index (χ1v) is 9.21. The van der Waals surface area contributed by atoms with Crippen LogP contribution in [0.25, 0.3) is 0 Å². The summed E-state index contributed by atoms with van der Waals surface area (Å²) in [5.74, 6) is 0.262. The van der Waals surface area contributed by atoms with Crippen LogP contribution in [0.15, 0.2) is 18.2 Å². The van der Waals surface area contributed by atoms with Crippen LogP contribution in [0.2, 0.25) is 5.02 Å². The molecule has 0 spiro atoms. The number of halogens is 1. The van der Waals surface area contributed by atoms with Crippen LogP contribution in [0.3, 0.4) is 0 Å². The Morgan fingerprint density at radius 1 is 1.29 bits per heavy atom. The Hall–Kier alpha value is -1.55. The molecule has 1 heterocycles. The number of rotatable bonds is 3. The van der Waals surface area contributed by atoms with Crippen LogP contribution in [0, 0.1) is 18.8 Å². The van der Waals surface area contributed by atoms with Crippen molar-refractivity contribution in [3.8, 4) is 0 Å². The maximum atomic E-state index is 12.6. The second-order valence-corrected chi connectivity index (χ2v) is 7.57. The van der Waals surface area contributed by atoms with E-state index in [0.717, 1.165) is 17.7 Å². The van der Waals surface area contributed by atoms with Crippen molar-refractivity contribution in [1.82, 2.24) is 5.32 Å². The lowest BCUT2D eigenvalue weighted by molar-refractivity contribution is -0.127. The molecular formula is C19H25ClN2O2. The minimum atomic E-state index is -0.273. The van der Waals surface area contributed by atoms with Gasteiger partial charge in [0, 0.05) is 29.7 Å². The van der Waals surface area contributed by atoms with Crippen molar-refractivity contribution >= 4 is 29.1 Å². The van der Waals surface area contributed by atoms with Gasteiger partial charge in [0.2, 0.25) is 11.8 Å². The van der Waals surface area contributed by atoms with Crippen LogP contribution in [0.4, 0.5) is 5.69 Å². The maximum absolute atomic E-state index is 12.6. The Bertz CT molecular complexity index is 646. The number of amides is 2. The summed E-state index contributed by atoms with van der Waals surface area (Å²) in [5.41, 5.74) is 1.70. The molecular weight excluding hydrogens is 324 g/mol. The normalized spacial score (nSPS) is 27.4. The van der Waals surface area contributed by atoms with Crippen molar-refractivity contribution in [3.05, 3.63) is 28.8 Å². The van der Waals surface area contributed by atoms with Crippen molar-refractivity contribution < 1.29 is 9.59 Å². The highest BCUT2D eigenvalue weighted by Gasteiger charge is 2.37. The molecule has 1 saturated carbocycles. The van der Waals surface area contributed by atoms with E-state index in [1.165, 1.54) is 19.3 Å². The molecule has 2 fully saturated rings. The summed E-state index contributed by atoms with van der Waals surface area (Å²) in [6.07, 6.45) is 4.91. The van der Waals surface area contributed by atoms with E-state index in [9.17, 15) is 9.59 Å². The minimum Gasteiger partial charge on any atom is -0.353 e. The van der Waals surface area contributed by atoms with Gasteiger partial charge in [-0.15, -0.1) is 0 Å². The predicted octanol–water partition coefficient (Wildman–Crippen LogP) is 3.70. The quantitative estimate of drug-likeness (QED) is 0.905. The first-order chi connectivity index (χ1) is 11.5. The molecule has 5 heteroatoms. The van der Waals surface area contributed by atoms with Crippen LogP contribution in [0.1, 0.15) is 44.6 Å². The van der Waals surface area contributed by atoms with Crippen LogP contribution in [-0.4, -0.2) is 24.4 Å². The Labute approximate surface area is 148 Å². The van der Waals surface area contributed by atoms with Crippen molar-refractivity contribution in [1.29, 1.82) is 0 Å². The van der Waals surface area contributed by atoms with Crippen LogP contribution in [0.5, 0.6) is 0 Å². The molecule has 2 aliphatic rings. The van der Waals surface area contributed by atoms with E-state index in [-0.39, 0.29) is 30.2 Å². The third-order valence-electron chi connectivity index (χ3n) is 5.46. The molecule has 1 N–H and O–H groups in total. The molecule has 1 saturated heterocycles. The molecule has 0 unspecified atom stereocenters. The zero-order valence-corrected chi connectivity index (χ0v) is 15.1. The van der Waals surface area contributed by atoms with Gasteiger partial charge in [0.25, 0.3) is 0 Å². The highest BCUT2D eigenvalue weighted by atomic mass is 35.5. The zero-order valence-electron chi connectivity index (χ0n) is 14.3. The Balaban J connectivity index is 1.68. The van der Waals surface area contributed by atoms with Gasteiger partial charge in [-0.1, -0.05) is 37.4 Å². The summed E-state index contributed by atoms with van der Waals surface area (Å²) in [6.45, 7) is 4.54. The number of anilines is 1. The van der Waals surface area contributed by atoms with Crippen LogP contribution < -0.4 is 10.2 Å². The van der Waals surface area contributed by atoms with E-state index in [1.54, 1.807) is 4.90 Å². The van der Waals surface area contributed by atoms with Gasteiger partial charge in [0.15, 0.2) is 0 Å². The van der Waals surface area contributed by atoms with E-state index < -0.39 is 0 Å². The monoisotopic (exact) mass is 348 g/mol. The number of nitrogens with one attached hydrogen (secondary N) is 1. The Kier molecular flexibility index (Phi) is 5.14. The molecule has 0 bridgehead atoms. The van der Waals surface area contributed by atoms with Gasteiger partial charge in [-0.2, -0.15) is 0 Å². The smallest absolute Gasteiger partial charge is 0.227 e. The molecule has 130 valence electrons. The lowest BCUT2D eigenvalue weighted by Crippen LogP contribution is -2.44. The molecule has 2 amide bonds. The molecule has 1 aliphatic carbocycles. The average Bonchev–Trinajstić information content (AvgIpc) is 2.94. The largest absolute Gasteiger partial charge is 0.353 e. The van der Waals surface area contributed by atoms with Gasteiger partial charge in [-0.25, -0.2) is 0 Å². The third kappa shape index (κ3) is 3.44. The predicted molar refractivity (Wildman–Crippen MR) is 96.2 cm³/mol. The molecule has 1 aliphatic heterocycles. The lowest BCUT2D eigenvalue weighted by Gasteiger charge is -2.30. The number of carbonyl (C=O) groups excluding carboxylic acids is 2. The maximum Gasteiger partial charge on any atom is 0.227 e. The Morgan fingerprint density at radius 3 is 2.79 bits per heavy atom. The molecule has 3 atom stereocenters. The fraction of sp³-hybridized carbons (Fsp3) is 0.579. The second-order valence-electron chi connectivity index (χ2n) is 7.17. The van der Waals surface area contributed by atoms with Crippen molar-refractivity contribution in [3.63, 3.8) is 0 Å². The summed E-state index contributed by atoms with van der Waals surface area (Å²) in [7, 11) is 0. The summed E-state index contributed by atoms with van der Waals surface area (Å²) in [6, 6.07) is 5.80. The topological polar surface area (TPSA) is 49.4 Å². The van der Waals surface area contributed by atoms with Crippen molar-refractivity contribution in [2.75, 3.05) is 11.4 Å². The summed E-state index contributed by atoms with van der Waals surface area (Å²) in [4.78, 5) is 26.7. The zero-order chi connectivity index (χ0) is 17.3. The third-order valence-corrected chi connectivity index (χ3v) is 5.87. The van der Waals surface area contributed by atoms with Crippen LogP contribution in [-0.2, 0) is 9.59 Å². The molecule has 1 aromatic rings. The van der Waals surface area contributed by atoms with Crippen LogP contribution >= 0.6 is 11.6 Å².